The second-order valence-corrected chi connectivity index (χ2v) is 10.3. The lowest BCUT2D eigenvalue weighted by Crippen LogP contribution is -2.43. The molecule has 1 heterocycles. The molecule has 0 aromatic rings. The second kappa shape index (κ2) is 8.18. The molecule has 2 spiro atoms. The van der Waals surface area contributed by atoms with E-state index in [4.69, 9.17) is 0 Å². The Morgan fingerprint density at radius 2 is 1.55 bits per heavy atom. The van der Waals surface area contributed by atoms with Crippen molar-refractivity contribution in [3.05, 3.63) is 0 Å². The highest BCUT2D eigenvalue weighted by Gasteiger charge is 2.62. The first-order valence-electron chi connectivity index (χ1n) is 11.8. The Kier molecular flexibility index (Phi) is 5.95. The van der Waals surface area contributed by atoms with Crippen LogP contribution in [-0.4, -0.2) is 84.0 Å². The molecule has 4 aliphatic rings. The quantitative estimate of drug-likeness (QED) is 0.734. The molecule has 2 amide bonds. The molecule has 2 unspecified atom stereocenters. The number of rotatable bonds is 6. The van der Waals surface area contributed by atoms with Gasteiger partial charge in [0.2, 0.25) is 11.8 Å². The summed E-state index contributed by atoms with van der Waals surface area (Å²) in [6.45, 7) is 8.63. The smallest absolute Gasteiger partial charge is 0.236 e. The molecule has 6 nitrogen and oxygen atoms in total. The van der Waals surface area contributed by atoms with Gasteiger partial charge in [0.1, 0.15) is 0 Å². The number of aliphatic hydroxyl groups is 1. The minimum absolute atomic E-state index is 0.0250. The number of nitrogens with zero attached hydrogens (tertiary/aromatic N) is 3. The molecule has 1 saturated heterocycles. The molecule has 0 aromatic carbocycles. The van der Waals surface area contributed by atoms with Crippen molar-refractivity contribution in [3.63, 3.8) is 0 Å². The summed E-state index contributed by atoms with van der Waals surface area (Å²) in [4.78, 5) is 32.0. The predicted molar refractivity (Wildman–Crippen MR) is 112 cm³/mol. The first-order valence-corrected chi connectivity index (χ1v) is 11.8. The number of amides is 2. The van der Waals surface area contributed by atoms with Crippen LogP contribution in [0.2, 0.25) is 0 Å². The Hall–Kier alpha value is -1.14. The molecular formula is C23H39N3O3. The van der Waals surface area contributed by atoms with Crippen molar-refractivity contribution >= 4 is 11.8 Å². The molecule has 29 heavy (non-hydrogen) atoms. The van der Waals surface area contributed by atoms with Crippen molar-refractivity contribution in [2.45, 2.75) is 58.8 Å². The van der Waals surface area contributed by atoms with Crippen LogP contribution in [0, 0.1) is 22.7 Å². The largest absolute Gasteiger partial charge is 0.396 e. The fraction of sp³-hybridized carbons (Fsp3) is 0.913. The van der Waals surface area contributed by atoms with Gasteiger partial charge in [0.25, 0.3) is 0 Å². The summed E-state index contributed by atoms with van der Waals surface area (Å²) in [5.74, 6) is 0.549. The maximum Gasteiger partial charge on any atom is 0.236 e. The van der Waals surface area contributed by atoms with Crippen LogP contribution in [-0.2, 0) is 9.59 Å². The SMILES string of the molecule is CCN(CC)CC(=O)N1CCN(C(=O)C2CC23CCC2(CC2)CC3)CC(CO)C1. The van der Waals surface area contributed by atoms with Crippen LogP contribution < -0.4 is 0 Å². The van der Waals surface area contributed by atoms with Gasteiger partial charge >= 0.3 is 0 Å². The standard InChI is InChI=1S/C23H39N3O3/c1-3-24(4-2)16-20(28)25-11-12-26(15-18(14-25)17-27)21(29)19-13-23(19)9-7-22(5-6-22)8-10-23/h18-19,27H,3-17H2,1-2H3. The highest BCUT2D eigenvalue weighted by molar-refractivity contribution is 5.83. The average Bonchev–Trinajstić information content (AvgIpc) is 3.64. The van der Waals surface area contributed by atoms with E-state index in [1.165, 1.54) is 38.5 Å². The zero-order chi connectivity index (χ0) is 20.6. The zero-order valence-electron chi connectivity index (χ0n) is 18.4. The molecule has 6 heteroatoms. The van der Waals surface area contributed by atoms with Gasteiger partial charge < -0.3 is 14.9 Å². The van der Waals surface area contributed by atoms with Crippen LogP contribution >= 0.6 is 0 Å². The fourth-order valence-electron chi connectivity index (χ4n) is 5.81. The molecule has 164 valence electrons. The lowest BCUT2D eigenvalue weighted by Gasteiger charge is -2.30. The maximum atomic E-state index is 13.3. The normalized spacial score (nSPS) is 29.9. The van der Waals surface area contributed by atoms with Gasteiger partial charge in [0.05, 0.1) is 6.54 Å². The number of aliphatic hydroxyl groups excluding tert-OH is 1. The Labute approximate surface area is 175 Å². The first-order chi connectivity index (χ1) is 13.9. The third-order valence-corrected chi connectivity index (χ3v) is 8.52. The van der Waals surface area contributed by atoms with E-state index in [-0.39, 0.29) is 35.7 Å². The van der Waals surface area contributed by atoms with Crippen molar-refractivity contribution in [2.75, 3.05) is 52.4 Å². The first kappa shape index (κ1) is 21.1. The molecule has 1 N–H and O–H groups in total. The van der Waals surface area contributed by atoms with Crippen molar-refractivity contribution in [1.82, 2.24) is 14.7 Å². The van der Waals surface area contributed by atoms with Gasteiger partial charge in [-0.25, -0.2) is 0 Å². The second-order valence-electron chi connectivity index (χ2n) is 10.3. The molecule has 3 saturated carbocycles. The van der Waals surface area contributed by atoms with Crippen LogP contribution in [0.25, 0.3) is 0 Å². The van der Waals surface area contributed by atoms with Crippen molar-refractivity contribution < 1.29 is 14.7 Å². The summed E-state index contributed by atoms with van der Waals surface area (Å²) in [7, 11) is 0. The van der Waals surface area contributed by atoms with E-state index in [1.54, 1.807) is 0 Å². The van der Waals surface area contributed by atoms with Gasteiger partial charge in [0, 0.05) is 44.6 Å². The number of carbonyl (C=O) groups is 2. The number of hydrogen-bond donors (Lipinski definition) is 1. The van der Waals surface area contributed by atoms with Gasteiger partial charge in [-0.05, 0) is 68.9 Å². The summed E-state index contributed by atoms with van der Waals surface area (Å²) in [5, 5.41) is 9.86. The molecule has 4 rings (SSSR count). The van der Waals surface area contributed by atoms with Gasteiger partial charge in [-0.1, -0.05) is 13.8 Å². The highest BCUT2D eigenvalue weighted by atomic mass is 16.3. The van der Waals surface area contributed by atoms with E-state index in [9.17, 15) is 14.7 Å². The fourth-order valence-corrected chi connectivity index (χ4v) is 5.81. The average molecular weight is 406 g/mol. The van der Waals surface area contributed by atoms with Crippen LogP contribution in [0.3, 0.4) is 0 Å². The monoisotopic (exact) mass is 405 g/mol. The highest BCUT2D eigenvalue weighted by Crippen LogP contribution is 2.69. The molecule has 0 aromatic heterocycles. The van der Waals surface area contributed by atoms with Gasteiger partial charge in [-0.15, -0.1) is 0 Å². The van der Waals surface area contributed by atoms with E-state index in [0.29, 0.717) is 38.1 Å². The summed E-state index contributed by atoms with van der Waals surface area (Å²) in [6.07, 6.45) is 8.98. The van der Waals surface area contributed by atoms with E-state index in [1.807, 2.05) is 9.80 Å². The van der Waals surface area contributed by atoms with Crippen molar-refractivity contribution in [2.24, 2.45) is 22.7 Å². The Morgan fingerprint density at radius 1 is 0.966 bits per heavy atom. The van der Waals surface area contributed by atoms with Crippen LogP contribution in [0.1, 0.15) is 58.8 Å². The van der Waals surface area contributed by atoms with Gasteiger partial charge in [-0.2, -0.15) is 0 Å². The zero-order valence-corrected chi connectivity index (χ0v) is 18.4. The van der Waals surface area contributed by atoms with E-state index < -0.39 is 0 Å². The predicted octanol–water partition coefficient (Wildman–Crippen LogP) is 1.97. The topological polar surface area (TPSA) is 64.1 Å². The molecule has 1 aliphatic heterocycles. The molecule has 3 aliphatic carbocycles. The van der Waals surface area contributed by atoms with E-state index in [0.717, 1.165) is 19.5 Å². The van der Waals surface area contributed by atoms with Crippen LogP contribution in [0.4, 0.5) is 0 Å². The maximum absolute atomic E-state index is 13.3. The van der Waals surface area contributed by atoms with Gasteiger partial charge in [-0.3, -0.25) is 14.5 Å². The Bertz CT molecular complexity index is 619. The molecular weight excluding hydrogens is 366 g/mol. The molecule has 0 bridgehead atoms. The minimum Gasteiger partial charge on any atom is -0.396 e. The Balaban J connectivity index is 1.34. The summed E-state index contributed by atoms with van der Waals surface area (Å²) in [5.41, 5.74) is 0.946. The third kappa shape index (κ3) is 4.34. The van der Waals surface area contributed by atoms with E-state index >= 15 is 0 Å². The number of likely N-dealkylation sites (N-methyl/N-ethyl adjacent to an activating group) is 1. The third-order valence-electron chi connectivity index (χ3n) is 8.52. The molecule has 2 atom stereocenters. The molecule has 4 fully saturated rings. The van der Waals surface area contributed by atoms with Crippen LogP contribution in [0.5, 0.6) is 0 Å². The van der Waals surface area contributed by atoms with Crippen molar-refractivity contribution in [3.8, 4) is 0 Å². The van der Waals surface area contributed by atoms with Gasteiger partial charge in [0.15, 0.2) is 0 Å². The summed E-state index contributed by atoms with van der Waals surface area (Å²) >= 11 is 0. The molecule has 0 radical (unpaired) electrons. The lowest BCUT2D eigenvalue weighted by atomic mass is 9.76. The summed E-state index contributed by atoms with van der Waals surface area (Å²) in [6, 6.07) is 0. The number of hydrogen-bond acceptors (Lipinski definition) is 4. The lowest BCUT2D eigenvalue weighted by molar-refractivity contribution is -0.135. The van der Waals surface area contributed by atoms with E-state index in [2.05, 4.69) is 18.7 Å². The summed E-state index contributed by atoms with van der Waals surface area (Å²) < 4.78 is 0. The van der Waals surface area contributed by atoms with Crippen LogP contribution in [0.15, 0.2) is 0 Å². The number of carbonyl (C=O) groups excluding carboxylic acids is 2. The van der Waals surface area contributed by atoms with Crippen molar-refractivity contribution in [1.29, 1.82) is 0 Å². The minimum atomic E-state index is -0.0436. The Morgan fingerprint density at radius 3 is 2.14 bits per heavy atom.